The van der Waals surface area contributed by atoms with Crippen molar-refractivity contribution in [3.63, 3.8) is 0 Å². The first kappa shape index (κ1) is 21.4. The third-order valence-corrected chi connectivity index (χ3v) is 6.59. The Labute approximate surface area is 175 Å². The van der Waals surface area contributed by atoms with Gasteiger partial charge >= 0.3 is 6.18 Å². The molecule has 2 aromatic carbocycles. The summed E-state index contributed by atoms with van der Waals surface area (Å²) in [6, 6.07) is 14.7. The third kappa shape index (κ3) is 4.66. The van der Waals surface area contributed by atoms with Crippen molar-refractivity contribution in [3.05, 3.63) is 88.2 Å². The van der Waals surface area contributed by atoms with Crippen LogP contribution in [0.2, 0.25) is 10.0 Å². The summed E-state index contributed by atoms with van der Waals surface area (Å²) < 4.78 is 66.2. The lowest BCUT2D eigenvalue weighted by Gasteiger charge is -2.25. The van der Waals surface area contributed by atoms with E-state index < -0.39 is 21.8 Å². The Morgan fingerprint density at radius 2 is 1.55 bits per heavy atom. The molecule has 0 aliphatic rings. The average Bonchev–Trinajstić information content (AvgIpc) is 2.67. The van der Waals surface area contributed by atoms with Crippen LogP contribution in [0.4, 0.5) is 18.9 Å². The number of rotatable bonds is 5. The lowest BCUT2D eigenvalue weighted by atomic mass is 10.2. The highest BCUT2D eigenvalue weighted by atomic mass is 35.5. The quantitative estimate of drug-likeness (QED) is 0.483. The van der Waals surface area contributed by atoms with E-state index in [9.17, 15) is 21.6 Å². The van der Waals surface area contributed by atoms with Crippen LogP contribution in [0, 0.1) is 0 Å². The highest BCUT2D eigenvalue weighted by Gasteiger charge is 2.33. The molecule has 0 fully saturated rings. The zero-order chi connectivity index (χ0) is 21.2. The summed E-state index contributed by atoms with van der Waals surface area (Å²) in [6.45, 7) is -0.380. The van der Waals surface area contributed by atoms with E-state index in [0.29, 0.717) is 6.20 Å². The normalized spacial score (nSPS) is 12.0. The summed E-state index contributed by atoms with van der Waals surface area (Å²) in [7, 11) is -4.16. The fourth-order valence-corrected chi connectivity index (χ4v) is 4.70. The molecule has 29 heavy (non-hydrogen) atoms. The number of hydrogen-bond donors (Lipinski definition) is 0. The van der Waals surface area contributed by atoms with Crippen molar-refractivity contribution < 1.29 is 21.6 Å². The van der Waals surface area contributed by atoms with Gasteiger partial charge in [0.1, 0.15) is 4.90 Å². The first-order valence-corrected chi connectivity index (χ1v) is 10.3. The van der Waals surface area contributed by atoms with Gasteiger partial charge in [0.05, 0.1) is 33.5 Å². The van der Waals surface area contributed by atoms with Gasteiger partial charge in [0.2, 0.25) is 0 Å². The van der Waals surface area contributed by atoms with Crippen LogP contribution < -0.4 is 4.31 Å². The number of alkyl halides is 3. The van der Waals surface area contributed by atoms with Crippen molar-refractivity contribution in [1.29, 1.82) is 0 Å². The van der Waals surface area contributed by atoms with Gasteiger partial charge in [-0.15, -0.1) is 0 Å². The predicted octanol–water partition coefficient (Wildman–Crippen LogP) is 5.80. The molecule has 10 heteroatoms. The van der Waals surface area contributed by atoms with Crippen LogP contribution in [-0.2, 0) is 22.7 Å². The van der Waals surface area contributed by atoms with Gasteiger partial charge in [0.25, 0.3) is 10.0 Å². The maximum absolute atomic E-state index is 13.3. The predicted molar refractivity (Wildman–Crippen MR) is 106 cm³/mol. The third-order valence-electron chi connectivity index (χ3n) is 3.99. The molecule has 3 aromatic rings. The number of hydrogen-bond acceptors (Lipinski definition) is 3. The molecule has 1 aromatic heterocycles. The van der Waals surface area contributed by atoms with Crippen LogP contribution in [0.25, 0.3) is 0 Å². The van der Waals surface area contributed by atoms with Gasteiger partial charge in [-0.25, -0.2) is 8.42 Å². The molecule has 0 N–H and O–H groups in total. The van der Waals surface area contributed by atoms with Crippen molar-refractivity contribution in [2.45, 2.75) is 17.6 Å². The van der Waals surface area contributed by atoms with Crippen LogP contribution in [0.1, 0.15) is 11.3 Å². The van der Waals surface area contributed by atoms with E-state index in [1.54, 1.807) is 36.4 Å². The fraction of sp³-hybridized carbons (Fsp3) is 0.105. The summed E-state index contributed by atoms with van der Waals surface area (Å²) in [5.41, 5.74) is -0.768. The van der Waals surface area contributed by atoms with Crippen molar-refractivity contribution in [2.75, 3.05) is 4.31 Å². The van der Waals surface area contributed by atoms with Gasteiger partial charge < -0.3 is 0 Å². The van der Waals surface area contributed by atoms with Crippen LogP contribution in [0.5, 0.6) is 0 Å². The largest absolute Gasteiger partial charge is 0.417 e. The Morgan fingerprint density at radius 3 is 2.14 bits per heavy atom. The Bertz CT molecular complexity index is 1120. The van der Waals surface area contributed by atoms with E-state index in [4.69, 9.17) is 23.2 Å². The zero-order valence-corrected chi connectivity index (χ0v) is 16.9. The Morgan fingerprint density at radius 1 is 0.931 bits per heavy atom. The highest BCUT2D eigenvalue weighted by molar-refractivity contribution is 7.93. The van der Waals surface area contributed by atoms with Gasteiger partial charge in [-0.2, -0.15) is 13.2 Å². The minimum atomic E-state index is -4.61. The number of aromatic nitrogens is 1. The monoisotopic (exact) mass is 460 g/mol. The van der Waals surface area contributed by atoms with Crippen LogP contribution in [-0.4, -0.2) is 13.4 Å². The molecule has 4 nitrogen and oxygen atoms in total. The summed E-state index contributed by atoms with van der Waals surface area (Å²) >= 11 is 12.1. The molecular weight excluding hydrogens is 448 g/mol. The molecule has 0 saturated carbocycles. The number of sulfonamides is 1. The molecular formula is C19H13Cl2F3N2O2S. The van der Waals surface area contributed by atoms with Gasteiger partial charge in [-0.3, -0.25) is 9.29 Å². The molecule has 0 atom stereocenters. The molecule has 0 saturated heterocycles. The first-order valence-electron chi connectivity index (χ1n) is 8.14. The Kier molecular flexibility index (Phi) is 6.07. The first-order chi connectivity index (χ1) is 13.6. The SMILES string of the molecule is O=S(=O)(c1ccccc1Cl)N(Cc1ncc(C(F)(F)F)cc1Cl)c1ccccc1. The van der Waals surface area contributed by atoms with Crippen molar-refractivity contribution in [3.8, 4) is 0 Å². The smallest absolute Gasteiger partial charge is 0.260 e. The minimum absolute atomic E-state index is 0.0138. The molecule has 152 valence electrons. The van der Waals surface area contributed by atoms with Gasteiger partial charge in [-0.05, 0) is 30.3 Å². The topological polar surface area (TPSA) is 50.3 Å². The Balaban J connectivity index is 2.08. The van der Waals surface area contributed by atoms with Crippen LogP contribution in [0.15, 0.2) is 71.8 Å². The maximum atomic E-state index is 13.3. The molecule has 0 bridgehead atoms. The standard InChI is InChI=1S/C19H13Cl2F3N2O2S/c20-15-8-4-5-9-18(15)29(27,28)26(14-6-2-1-3-7-14)12-17-16(21)10-13(11-25-17)19(22,23)24/h1-11H,12H2. The van der Waals surface area contributed by atoms with Gasteiger partial charge in [-0.1, -0.05) is 53.5 Å². The van der Waals surface area contributed by atoms with E-state index in [0.717, 1.165) is 10.4 Å². The molecule has 0 unspecified atom stereocenters. The molecule has 0 spiro atoms. The van der Waals surface area contributed by atoms with E-state index in [-0.39, 0.29) is 32.9 Å². The summed E-state index contributed by atoms with van der Waals surface area (Å²) in [5.74, 6) is 0. The number of halogens is 5. The number of para-hydroxylation sites is 1. The molecule has 0 radical (unpaired) electrons. The number of benzene rings is 2. The summed E-state index contributed by atoms with van der Waals surface area (Å²) in [6.07, 6.45) is -4.00. The number of nitrogens with zero attached hydrogens (tertiary/aromatic N) is 2. The number of pyridine rings is 1. The van der Waals surface area contributed by atoms with E-state index in [1.165, 1.54) is 18.2 Å². The minimum Gasteiger partial charge on any atom is -0.260 e. The maximum Gasteiger partial charge on any atom is 0.417 e. The summed E-state index contributed by atoms with van der Waals surface area (Å²) in [5, 5.41) is -0.282. The summed E-state index contributed by atoms with van der Waals surface area (Å²) in [4.78, 5) is 3.60. The average molecular weight is 461 g/mol. The molecule has 0 amide bonds. The van der Waals surface area contributed by atoms with E-state index in [1.807, 2.05) is 0 Å². The fourth-order valence-electron chi connectivity index (χ4n) is 2.56. The second kappa shape index (κ2) is 8.22. The van der Waals surface area contributed by atoms with Crippen LogP contribution >= 0.6 is 23.2 Å². The van der Waals surface area contributed by atoms with Crippen molar-refractivity contribution in [2.24, 2.45) is 0 Å². The lowest BCUT2D eigenvalue weighted by Crippen LogP contribution is -2.31. The highest BCUT2D eigenvalue weighted by Crippen LogP contribution is 2.33. The molecule has 1 heterocycles. The molecule has 0 aliphatic carbocycles. The lowest BCUT2D eigenvalue weighted by molar-refractivity contribution is -0.137. The molecule has 3 rings (SSSR count). The molecule has 0 aliphatic heterocycles. The van der Waals surface area contributed by atoms with Crippen molar-refractivity contribution in [1.82, 2.24) is 4.98 Å². The van der Waals surface area contributed by atoms with Crippen LogP contribution in [0.3, 0.4) is 0 Å². The van der Waals surface area contributed by atoms with Gasteiger partial charge in [0.15, 0.2) is 0 Å². The second-order valence-corrected chi connectivity index (χ2v) is 8.57. The van der Waals surface area contributed by atoms with Gasteiger partial charge in [0, 0.05) is 6.20 Å². The van der Waals surface area contributed by atoms with E-state index >= 15 is 0 Å². The Hall–Kier alpha value is -2.29. The second-order valence-electron chi connectivity index (χ2n) is 5.93. The number of anilines is 1. The van der Waals surface area contributed by atoms with E-state index in [2.05, 4.69) is 4.98 Å². The van der Waals surface area contributed by atoms with Crippen molar-refractivity contribution >= 4 is 38.9 Å². The zero-order valence-electron chi connectivity index (χ0n) is 14.6.